The van der Waals surface area contributed by atoms with Gasteiger partial charge in [-0.2, -0.15) is 0 Å². The van der Waals surface area contributed by atoms with E-state index in [9.17, 15) is 0 Å². The average molecular weight is 290 g/mol. The lowest BCUT2D eigenvalue weighted by molar-refractivity contribution is 0.139. The van der Waals surface area contributed by atoms with Gasteiger partial charge in [0.2, 0.25) is 0 Å². The Kier molecular flexibility index (Phi) is 6.52. The largest absolute Gasteiger partial charge is 0.384 e. The van der Waals surface area contributed by atoms with E-state index in [1.165, 1.54) is 30.5 Å². The summed E-state index contributed by atoms with van der Waals surface area (Å²) in [6, 6.07) is 9.52. The molecular weight excluding hydrogens is 260 g/mol. The Morgan fingerprint density at radius 1 is 1.24 bits per heavy atom. The fraction of sp³-hybridized carbons (Fsp3) is 0.667. The molecule has 0 aliphatic carbocycles. The van der Waals surface area contributed by atoms with Crippen LogP contribution in [0.15, 0.2) is 24.3 Å². The normalized spacial score (nSPS) is 18.0. The first-order chi connectivity index (χ1) is 10.2. The van der Waals surface area contributed by atoms with E-state index in [2.05, 4.69) is 48.3 Å². The highest BCUT2D eigenvalue weighted by Crippen LogP contribution is 2.25. The van der Waals surface area contributed by atoms with Crippen LogP contribution in [0.4, 0.5) is 5.69 Å². The maximum absolute atomic E-state index is 5.27. The number of nitrogens with zero attached hydrogens (tertiary/aromatic N) is 1. The standard InChI is InChI=1S/C18H30N2O/c1-4-11-19-15(2)17-5-7-18(8-6-17)20-12-9-16(10-13-20)14-21-3/h5-8,15-16,19H,4,9-14H2,1-3H3. The third kappa shape index (κ3) is 4.72. The van der Waals surface area contributed by atoms with Crippen molar-refractivity contribution >= 4 is 5.69 Å². The van der Waals surface area contributed by atoms with Crippen LogP contribution in [-0.4, -0.2) is 33.4 Å². The fourth-order valence-corrected chi connectivity index (χ4v) is 3.05. The summed E-state index contributed by atoms with van der Waals surface area (Å²) in [7, 11) is 1.80. The summed E-state index contributed by atoms with van der Waals surface area (Å²) in [5.41, 5.74) is 2.73. The molecule has 3 nitrogen and oxygen atoms in total. The number of nitrogens with one attached hydrogen (secondary N) is 1. The van der Waals surface area contributed by atoms with Crippen molar-refractivity contribution in [2.45, 2.75) is 39.2 Å². The molecule has 3 heteroatoms. The summed E-state index contributed by atoms with van der Waals surface area (Å²) >= 11 is 0. The van der Waals surface area contributed by atoms with E-state index in [0.29, 0.717) is 6.04 Å². The second-order valence-corrected chi connectivity index (χ2v) is 6.15. The Bertz CT molecular complexity index is 396. The first-order valence-electron chi connectivity index (χ1n) is 8.31. The van der Waals surface area contributed by atoms with Crippen LogP contribution in [0.3, 0.4) is 0 Å². The lowest BCUT2D eigenvalue weighted by Gasteiger charge is -2.33. The molecule has 1 saturated heterocycles. The second kappa shape index (κ2) is 8.40. The van der Waals surface area contributed by atoms with E-state index in [0.717, 1.165) is 32.2 Å². The highest BCUT2D eigenvalue weighted by molar-refractivity contribution is 5.48. The van der Waals surface area contributed by atoms with Gasteiger partial charge in [0, 0.05) is 38.5 Å². The minimum Gasteiger partial charge on any atom is -0.384 e. The molecule has 1 aliphatic heterocycles. The summed E-state index contributed by atoms with van der Waals surface area (Å²) in [6.45, 7) is 8.73. The number of benzene rings is 1. The molecule has 1 aromatic carbocycles. The van der Waals surface area contributed by atoms with Crippen molar-refractivity contribution < 1.29 is 4.74 Å². The summed E-state index contributed by atoms with van der Waals surface area (Å²) in [5, 5.41) is 3.54. The van der Waals surface area contributed by atoms with Gasteiger partial charge in [0.05, 0.1) is 0 Å². The van der Waals surface area contributed by atoms with Crippen molar-refractivity contribution in [1.29, 1.82) is 0 Å². The number of piperidine rings is 1. The molecule has 0 aromatic heterocycles. The van der Waals surface area contributed by atoms with Crippen LogP contribution in [0.2, 0.25) is 0 Å². The molecule has 0 saturated carbocycles. The number of ether oxygens (including phenoxy) is 1. The van der Waals surface area contributed by atoms with Gasteiger partial charge in [-0.05, 0) is 56.3 Å². The molecule has 1 N–H and O–H groups in total. The highest BCUT2D eigenvalue weighted by Gasteiger charge is 2.19. The molecule has 2 rings (SSSR count). The minimum absolute atomic E-state index is 0.437. The molecule has 1 fully saturated rings. The van der Waals surface area contributed by atoms with Crippen LogP contribution in [0.1, 0.15) is 44.7 Å². The molecule has 0 radical (unpaired) electrons. The second-order valence-electron chi connectivity index (χ2n) is 6.15. The molecule has 0 amide bonds. The summed E-state index contributed by atoms with van der Waals surface area (Å²) < 4.78 is 5.27. The van der Waals surface area contributed by atoms with Gasteiger partial charge in [0.15, 0.2) is 0 Å². The van der Waals surface area contributed by atoms with Crippen molar-refractivity contribution in [3.8, 4) is 0 Å². The van der Waals surface area contributed by atoms with Gasteiger partial charge in [-0.3, -0.25) is 0 Å². The van der Waals surface area contributed by atoms with Gasteiger partial charge < -0.3 is 15.0 Å². The zero-order valence-corrected chi connectivity index (χ0v) is 13.8. The first kappa shape index (κ1) is 16.3. The smallest absolute Gasteiger partial charge is 0.0491 e. The van der Waals surface area contributed by atoms with Crippen molar-refractivity contribution in [2.75, 3.05) is 38.3 Å². The van der Waals surface area contributed by atoms with Crippen LogP contribution in [0.25, 0.3) is 0 Å². The number of hydrogen-bond acceptors (Lipinski definition) is 3. The number of hydrogen-bond donors (Lipinski definition) is 1. The summed E-state index contributed by atoms with van der Waals surface area (Å²) in [6.07, 6.45) is 3.66. The van der Waals surface area contributed by atoms with Gasteiger partial charge in [0.1, 0.15) is 0 Å². The van der Waals surface area contributed by atoms with E-state index in [-0.39, 0.29) is 0 Å². The predicted molar refractivity (Wildman–Crippen MR) is 90.0 cm³/mol. The zero-order chi connectivity index (χ0) is 15.1. The topological polar surface area (TPSA) is 24.5 Å². The minimum atomic E-state index is 0.437. The Morgan fingerprint density at radius 3 is 2.48 bits per heavy atom. The number of anilines is 1. The van der Waals surface area contributed by atoms with Crippen LogP contribution in [-0.2, 0) is 4.74 Å². The fourth-order valence-electron chi connectivity index (χ4n) is 3.05. The van der Waals surface area contributed by atoms with Crippen molar-refractivity contribution in [3.05, 3.63) is 29.8 Å². The van der Waals surface area contributed by atoms with Crippen molar-refractivity contribution in [2.24, 2.45) is 5.92 Å². The van der Waals surface area contributed by atoms with Gasteiger partial charge in [-0.1, -0.05) is 19.1 Å². The van der Waals surface area contributed by atoms with Crippen LogP contribution < -0.4 is 10.2 Å². The average Bonchev–Trinajstić information content (AvgIpc) is 2.54. The number of methoxy groups -OCH3 is 1. The van der Waals surface area contributed by atoms with Gasteiger partial charge in [0.25, 0.3) is 0 Å². The monoisotopic (exact) mass is 290 g/mol. The molecule has 1 aromatic rings. The van der Waals surface area contributed by atoms with E-state index in [1.54, 1.807) is 7.11 Å². The molecule has 1 unspecified atom stereocenters. The number of rotatable bonds is 7. The molecule has 1 heterocycles. The molecule has 21 heavy (non-hydrogen) atoms. The Balaban J connectivity index is 1.88. The van der Waals surface area contributed by atoms with E-state index in [1.807, 2.05) is 0 Å². The highest BCUT2D eigenvalue weighted by atomic mass is 16.5. The van der Waals surface area contributed by atoms with Crippen LogP contribution in [0.5, 0.6) is 0 Å². The maximum atomic E-state index is 5.27. The van der Waals surface area contributed by atoms with Gasteiger partial charge >= 0.3 is 0 Å². The SMILES string of the molecule is CCCNC(C)c1ccc(N2CCC(COC)CC2)cc1. The van der Waals surface area contributed by atoms with Gasteiger partial charge in [-0.25, -0.2) is 0 Å². The third-order valence-corrected chi connectivity index (χ3v) is 4.48. The molecule has 0 spiro atoms. The third-order valence-electron chi connectivity index (χ3n) is 4.48. The van der Waals surface area contributed by atoms with Crippen molar-refractivity contribution in [1.82, 2.24) is 5.32 Å². The summed E-state index contributed by atoms with van der Waals surface area (Å²) in [5.74, 6) is 0.740. The lowest BCUT2D eigenvalue weighted by atomic mass is 9.97. The Morgan fingerprint density at radius 2 is 1.90 bits per heavy atom. The summed E-state index contributed by atoms with van der Waals surface area (Å²) in [4.78, 5) is 2.50. The molecular formula is C18H30N2O. The van der Waals surface area contributed by atoms with E-state index < -0.39 is 0 Å². The Hall–Kier alpha value is -1.06. The van der Waals surface area contributed by atoms with Crippen molar-refractivity contribution in [3.63, 3.8) is 0 Å². The van der Waals surface area contributed by atoms with E-state index >= 15 is 0 Å². The van der Waals surface area contributed by atoms with Crippen LogP contribution in [0, 0.1) is 5.92 Å². The predicted octanol–water partition coefficient (Wildman–Crippen LogP) is 3.61. The lowest BCUT2D eigenvalue weighted by Crippen LogP contribution is -2.35. The first-order valence-corrected chi connectivity index (χ1v) is 8.31. The maximum Gasteiger partial charge on any atom is 0.0491 e. The molecule has 1 aliphatic rings. The molecule has 1 atom stereocenters. The zero-order valence-electron chi connectivity index (χ0n) is 13.8. The quantitative estimate of drug-likeness (QED) is 0.830. The van der Waals surface area contributed by atoms with E-state index in [4.69, 9.17) is 4.74 Å². The Labute approximate surface area is 129 Å². The van der Waals surface area contributed by atoms with Crippen LogP contribution >= 0.6 is 0 Å². The van der Waals surface area contributed by atoms with Gasteiger partial charge in [-0.15, -0.1) is 0 Å². The molecule has 0 bridgehead atoms. The molecule has 118 valence electrons.